The Kier molecular flexibility index (Phi) is 3.12. The number of hydrogen-bond donors (Lipinski definition) is 4. The summed E-state index contributed by atoms with van der Waals surface area (Å²) in [4.78, 5) is 11.6. The smallest absolute Gasteiger partial charge is 0.143 e. The number of rotatable bonds is 4. The third-order valence-corrected chi connectivity index (χ3v) is 3.17. The summed E-state index contributed by atoms with van der Waals surface area (Å²) in [6.45, 7) is 3.73. The topological polar surface area (TPSA) is 103 Å². The molecule has 21 heavy (non-hydrogen) atoms. The van der Waals surface area contributed by atoms with E-state index in [4.69, 9.17) is 11.1 Å². The molecule has 0 aliphatic rings. The van der Waals surface area contributed by atoms with Gasteiger partial charge in [-0.2, -0.15) is 0 Å². The second kappa shape index (κ2) is 5.09. The molecule has 0 fully saturated rings. The lowest BCUT2D eigenvalue weighted by Crippen LogP contribution is -1.98. The van der Waals surface area contributed by atoms with Crippen LogP contribution in [-0.4, -0.2) is 21.2 Å². The zero-order chi connectivity index (χ0) is 14.8. The quantitative estimate of drug-likeness (QED) is 0.435. The number of anilines is 3. The van der Waals surface area contributed by atoms with Gasteiger partial charge in [0.25, 0.3) is 0 Å². The molecule has 0 aliphatic heterocycles. The molecule has 6 nitrogen and oxygen atoms in total. The summed E-state index contributed by atoms with van der Waals surface area (Å²) < 4.78 is 0. The number of H-pyrrole nitrogens is 1. The van der Waals surface area contributed by atoms with Crippen molar-refractivity contribution in [1.29, 1.82) is 5.41 Å². The van der Waals surface area contributed by atoms with Crippen LogP contribution in [0.25, 0.3) is 17.1 Å². The predicted octanol–water partition coefficient (Wildman–Crippen LogP) is 2.92. The van der Waals surface area contributed by atoms with Crippen LogP contribution in [0.4, 0.5) is 17.2 Å². The first-order valence-corrected chi connectivity index (χ1v) is 6.34. The number of nitrogens with zero attached hydrogens (tertiary/aromatic N) is 2. The fourth-order valence-electron chi connectivity index (χ4n) is 2.08. The Morgan fingerprint density at radius 1 is 1.29 bits per heavy atom. The standard InChI is InChI=1S/C15H14N6/c1-2-10-6-12-14(20-10)18-8-19-15(12)21-11-3-4-13(17)9(5-11)7-16/h2-8,16H,1,17H2,(H2,18,19,20,21). The van der Waals surface area contributed by atoms with Crippen LogP contribution in [0.2, 0.25) is 0 Å². The summed E-state index contributed by atoms with van der Waals surface area (Å²) in [5.74, 6) is 0.685. The molecule has 0 aliphatic carbocycles. The highest BCUT2D eigenvalue weighted by Gasteiger charge is 2.07. The van der Waals surface area contributed by atoms with Gasteiger partial charge in [-0.05, 0) is 30.3 Å². The minimum absolute atomic E-state index is 0.568. The molecular weight excluding hydrogens is 264 g/mol. The molecule has 5 N–H and O–H groups in total. The van der Waals surface area contributed by atoms with E-state index in [1.54, 1.807) is 18.2 Å². The van der Waals surface area contributed by atoms with Gasteiger partial charge in [-0.15, -0.1) is 0 Å². The van der Waals surface area contributed by atoms with E-state index in [1.807, 2.05) is 12.1 Å². The van der Waals surface area contributed by atoms with Crippen molar-refractivity contribution in [2.45, 2.75) is 0 Å². The number of hydrogen-bond acceptors (Lipinski definition) is 5. The van der Waals surface area contributed by atoms with Gasteiger partial charge in [0, 0.05) is 28.8 Å². The van der Waals surface area contributed by atoms with Crippen LogP contribution in [-0.2, 0) is 0 Å². The van der Waals surface area contributed by atoms with E-state index in [-0.39, 0.29) is 0 Å². The summed E-state index contributed by atoms with van der Waals surface area (Å²) in [6, 6.07) is 7.33. The first-order chi connectivity index (χ1) is 10.2. The first kappa shape index (κ1) is 12.9. The lowest BCUT2D eigenvalue weighted by atomic mass is 10.1. The van der Waals surface area contributed by atoms with Gasteiger partial charge in [-0.25, -0.2) is 9.97 Å². The maximum atomic E-state index is 7.35. The molecule has 3 rings (SSSR count). The number of aromatic nitrogens is 3. The van der Waals surface area contributed by atoms with Crippen molar-refractivity contribution in [2.75, 3.05) is 11.1 Å². The third kappa shape index (κ3) is 2.34. The van der Waals surface area contributed by atoms with Crippen LogP contribution < -0.4 is 11.1 Å². The zero-order valence-electron chi connectivity index (χ0n) is 11.2. The van der Waals surface area contributed by atoms with Crippen molar-refractivity contribution in [3.8, 4) is 0 Å². The van der Waals surface area contributed by atoms with E-state index in [0.717, 1.165) is 22.4 Å². The van der Waals surface area contributed by atoms with Gasteiger partial charge in [-0.3, -0.25) is 0 Å². The number of benzene rings is 1. The van der Waals surface area contributed by atoms with Crippen LogP contribution in [0.1, 0.15) is 11.3 Å². The van der Waals surface area contributed by atoms with Crippen LogP contribution in [0.3, 0.4) is 0 Å². The van der Waals surface area contributed by atoms with Crippen LogP contribution in [0.15, 0.2) is 37.2 Å². The molecule has 2 aromatic heterocycles. The van der Waals surface area contributed by atoms with E-state index >= 15 is 0 Å². The maximum Gasteiger partial charge on any atom is 0.143 e. The van der Waals surface area contributed by atoms with Gasteiger partial charge in [0.2, 0.25) is 0 Å². The molecule has 0 saturated carbocycles. The van der Waals surface area contributed by atoms with Crippen molar-refractivity contribution in [1.82, 2.24) is 15.0 Å². The summed E-state index contributed by atoms with van der Waals surface area (Å²) in [5.41, 5.74) is 9.44. The lowest BCUT2D eigenvalue weighted by molar-refractivity contribution is 1.20. The Balaban J connectivity index is 2.03. The molecule has 0 atom stereocenters. The fraction of sp³-hybridized carbons (Fsp3) is 0. The molecule has 2 heterocycles. The minimum atomic E-state index is 0.568. The Morgan fingerprint density at radius 2 is 2.14 bits per heavy atom. The summed E-state index contributed by atoms with van der Waals surface area (Å²) >= 11 is 0. The molecule has 1 aromatic carbocycles. The highest BCUT2D eigenvalue weighted by atomic mass is 15.0. The van der Waals surface area contributed by atoms with E-state index in [2.05, 4.69) is 26.8 Å². The largest absolute Gasteiger partial charge is 0.398 e. The van der Waals surface area contributed by atoms with Crippen LogP contribution in [0, 0.1) is 5.41 Å². The second-order valence-corrected chi connectivity index (χ2v) is 4.53. The maximum absolute atomic E-state index is 7.35. The van der Waals surface area contributed by atoms with E-state index in [1.165, 1.54) is 12.5 Å². The molecule has 3 aromatic rings. The van der Waals surface area contributed by atoms with Crippen molar-refractivity contribution in [2.24, 2.45) is 0 Å². The Morgan fingerprint density at radius 3 is 2.90 bits per heavy atom. The van der Waals surface area contributed by atoms with Gasteiger partial charge in [0.1, 0.15) is 17.8 Å². The number of fused-ring (bicyclic) bond motifs is 1. The second-order valence-electron chi connectivity index (χ2n) is 4.53. The van der Waals surface area contributed by atoms with Gasteiger partial charge in [0.05, 0.1) is 5.39 Å². The Labute approximate surface area is 121 Å². The molecule has 0 bridgehead atoms. The molecule has 0 radical (unpaired) electrons. The molecule has 104 valence electrons. The van der Waals surface area contributed by atoms with Gasteiger partial charge < -0.3 is 21.4 Å². The van der Waals surface area contributed by atoms with Crippen molar-refractivity contribution in [3.05, 3.63) is 48.4 Å². The van der Waals surface area contributed by atoms with Crippen molar-refractivity contribution >= 4 is 40.5 Å². The van der Waals surface area contributed by atoms with Crippen molar-refractivity contribution in [3.63, 3.8) is 0 Å². The zero-order valence-corrected chi connectivity index (χ0v) is 11.2. The number of nitrogens with two attached hydrogens (primary N) is 1. The predicted molar refractivity (Wildman–Crippen MR) is 86.0 cm³/mol. The summed E-state index contributed by atoms with van der Waals surface area (Å²) in [5, 5.41) is 11.4. The Hall–Kier alpha value is -3.15. The molecule has 0 spiro atoms. The molecule has 0 saturated heterocycles. The van der Waals surface area contributed by atoms with E-state index in [0.29, 0.717) is 17.1 Å². The van der Waals surface area contributed by atoms with E-state index in [9.17, 15) is 0 Å². The molecule has 6 heteroatoms. The van der Waals surface area contributed by atoms with Crippen LogP contribution >= 0.6 is 0 Å². The summed E-state index contributed by atoms with van der Waals surface area (Å²) in [6.07, 6.45) is 4.44. The first-order valence-electron chi connectivity index (χ1n) is 6.34. The van der Waals surface area contributed by atoms with E-state index < -0.39 is 0 Å². The fourth-order valence-corrected chi connectivity index (χ4v) is 2.08. The molecule has 0 unspecified atom stereocenters. The minimum Gasteiger partial charge on any atom is -0.398 e. The van der Waals surface area contributed by atoms with Crippen LogP contribution in [0.5, 0.6) is 0 Å². The highest BCUT2D eigenvalue weighted by molar-refractivity contribution is 5.92. The molecular formula is C15H14N6. The number of nitrogens with one attached hydrogen (secondary N) is 3. The average molecular weight is 278 g/mol. The van der Waals surface area contributed by atoms with Gasteiger partial charge in [-0.1, -0.05) is 6.58 Å². The van der Waals surface area contributed by atoms with Gasteiger partial charge >= 0.3 is 0 Å². The highest BCUT2D eigenvalue weighted by Crippen LogP contribution is 2.25. The SMILES string of the molecule is C=Cc1cc2c(Nc3ccc(N)c(C=N)c3)ncnc2[nH]1. The molecule has 0 amide bonds. The van der Waals surface area contributed by atoms with Gasteiger partial charge in [0.15, 0.2) is 0 Å². The number of aromatic amines is 1. The summed E-state index contributed by atoms with van der Waals surface area (Å²) in [7, 11) is 0. The number of nitrogen functional groups attached to an aromatic ring is 1. The average Bonchev–Trinajstić information content (AvgIpc) is 2.93. The third-order valence-electron chi connectivity index (χ3n) is 3.17. The van der Waals surface area contributed by atoms with Crippen molar-refractivity contribution < 1.29 is 0 Å². The lowest BCUT2D eigenvalue weighted by Gasteiger charge is -2.08. The monoisotopic (exact) mass is 278 g/mol. The normalized spacial score (nSPS) is 10.5. The Bertz CT molecular complexity index is 833.